The molecule has 39 heavy (non-hydrogen) atoms. The number of pyridine rings is 2. The van der Waals surface area contributed by atoms with E-state index in [2.05, 4.69) is 33.4 Å². The minimum Gasteiger partial charge on any atom is -0.455 e. The Bertz CT molecular complexity index is 1680. The molecule has 3 aromatic heterocycles. The molecule has 0 radical (unpaired) electrons. The third-order valence-corrected chi connectivity index (χ3v) is 7.92. The maximum atomic E-state index is 13.1. The van der Waals surface area contributed by atoms with E-state index in [-0.39, 0.29) is 0 Å². The summed E-state index contributed by atoms with van der Waals surface area (Å²) in [5, 5.41) is 9.74. The van der Waals surface area contributed by atoms with Gasteiger partial charge in [-0.1, -0.05) is 30.0 Å². The second-order valence-electron chi connectivity index (χ2n) is 9.35. The molecular formula is C29H25N5O4S. The number of esters is 1. The molecule has 0 unspecified atom stereocenters. The Kier molecular flexibility index (Phi) is 6.72. The van der Waals surface area contributed by atoms with Crippen LogP contribution in [0.25, 0.3) is 28.1 Å². The topological polar surface area (TPSA) is 122 Å². The van der Waals surface area contributed by atoms with Crippen LogP contribution in [0, 0.1) is 0 Å². The van der Waals surface area contributed by atoms with Crippen LogP contribution in [0.1, 0.15) is 18.4 Å². The molecule has 196 valence electrons. The van der Waals surface area contributed by atoms with Crippen LogP contribution in [0.15, 0.2) is 88.8 Å². The highest BCUT2D eigenvalue weighted by molar-refractivity contribution is 7.99. The second kappa shape index (κ2) is 10.5. The van der Waals surface area contributed by atoms with Gasteiger partial charge >= 0.3 is 5.97 Å². The van der Waals surface area contributed by atoms with Crippen molar-refractivity contribution >= 4 is 40.2 Å². The predicted octanol–water partition coefficient (Wildman–Crippen LogP) is 4.17. The Hall–Kier alpha value is -4.28. The Balaban J connectivity index is 1.32. The van der Waals surface area contributed by atoms with Crippen LogP contribution < -0.4 is 5.73 Å². The average Bonchev–Trinajstić information content (AvgIpc) is 3.41. The van der Waals surface area contributed by atoms with E-state index < -0.39 is 23.9 Å². The molecule has 0 atom stereocenters. The van der Waals surface area contributed by atoms with E-state index >= 15 is 0 Å². The zero-order chi connectivity index (χ0) is 26.8. The van der Waals surface area contributed by atoms with E-state index in [9.17, 15) is 9.59 Å². The number of amides is 1. The number of hydrogen-bond donors (Lipinski definition) is 1. The molecule has 0 spiro atoms. The summed E-state index contributed by atoms with van der Waals surface area (Å²) in [5.41, 5.74) is 7.66. The van der Waals surface area contributed by atoms with Crippen LogP contribution in [0.4, 0.5) is 0 Å². The van der Waals surface area contributed by atoms with E-state index in [0.29, 0.717) is 31.9 Å². The lowest BCUT2D eigenvalue weighted by Crippen LogP contribution is -2.43. The fourth-order valence-corrected chi connectivity index (χ4v) is 5.93. The fourth-order valence-electron chi connectivity index (χ4n) is 5.00. The first kappa shape index (κ1) is 25.0. The lowest BCUT2D eigenvalue weighted by atomic mass is 9.74. The minimum absolute atomic E-state index is 0.436. The molecule has 1 aliphatic heterocycles. The Morgan fingerprint density at radius 3 is 2.62 bits per heavy atom. The van der Waals surface area contributed by atoms with Gasteiger partial charge in [-0.3, -0.25) is 19.0 Å². The average molecular weight is 540 g/mol. The molecule has 9 nitrogen and oxygen atoms in total. The lowest BCUT2D eigenvalue weighted by Gasteiger charge is -2.35. The van der Waals surface area contributed by atoms with Gasteiger partial charge in [-0.15, -0.1) is 10.2 Å². The van der Waals surface area contributed by atoms with Crippen LogP contribution in [-0.4, -0.2) is 51.3 Å². The van der Waals surface area contributed by atoms with Gasteiger partial charge in [-0.25, -0.2) is 0 Å². The summed E-state index contributed by atoms with van der Waals surface area (Å²) in [6.45, 7) is 0.437. The van der Waals surface area contributed by atoms with Crippen LogP contribution >= 0.6 is 11.8 Å². The number of benzene rings is 2. The summed E-state index contributed by atoms with van der Waals surface area (Å²) in [4.78, 5) is 30.9. The van der Waals surface area contributed by atoms with Gasteiger partial charge in [0.2, 0.25) is 0 Å². The van der Waals surface area contributed by atoms with Crippen molar-refractivity contribution in [2.45, 2.75) is 28.0 Å². The van der Waals surface area contributed by atoms with E-state index in [4.69, 9.17) is 15.2 Å². The molecule has 4 heterocycles. The number of aromatic nitrogens is 4. The number of nitrogens with zero attached hydrogens (tertiary/aromatic N) is 4. The van der Waals surface area contributed by atoms with Crippen LogP contribution in [0.2, 0.25) is 0 Å². The third-order valence-electron chi connectivity index (χ3n) is 6.94. The summed E-state index contributed by atoms with van der Waals surface area (Å²) < 4.78 is 12.8. The van der Waals surface area contributed by atoms with Gasteiger partial charge < -0.3 is 15.2 Å². The van der Waals surface area contributed by atoms with E-state index in [1.807, 2.05) is 59.0 Å². The number of rotatable bonds is 7. The van der Waals surface area contributed by atoms with Crippen LogP contribution in [-0.2, 0) is 24.5 Å². The molecule has 1 amide bonds. The van der Waals surface area contributed by atoms with Crippen molar-refractivity contribution in [1.29, 1.82) is 0 Å². The van der Waals surface area contributed by atoms with E-state index in [1.54, 1.807) is 18.0 Å². The highest BCUT2D eigenvalue weighted by atomic mass is 32.2. The number of nitrogens with two attached hydrogens (primary N) is 1. The van der Waals surface area contributed by atoms with Crippen LogP contribution in [0.5, 0.6) is 0 Å². The summed E-state index contributed by atoms with van der Waals surface area (Å²) >= 11 is 1.61. The van der Waals surface area contributed by atoms with Crippen molar-refractivity contribution in [2.75, 3.05) is 19.8 Å². The Labute approximate surface area is 228 Å². The molecule has 1 fully saturated rings. The monoisotopic (exact) mass is 539 g/mol. The molecule has 1 aliphatic rings. The summed E-state index contributed by atoms with van der Waals surface area (Å²) in [6, 6.07) is 23.9. The molecule has 6 rings (SSSR count). The number of carbonyl (C=O) groups is 2. The van der Waals surface area contributed by atoms with Crippen molar-refractivity contribution in [2.24, 2.45) is 5.73 Å². The molecule has 0 saturated carbocycles. The number of fused-ring (bicyclic) bond motifs is 3. The minimum atomic E-state index is -0.879. The first-order valence-electron chi connectivity index (χ1n) is 12.5. The predicted molar refractivity (Wildman–Crippen MR) is 146 cm³/mol. The normalized spacial score (nSPS) is 14.9. The van der Waals surface area contributed by atoms with Gasteiger partial charge in [0.05, 0.1) is 10.9 Å². The molecule has 2 N–H and O–H groups in total. The van der Waals surface area contributed by atoms with E-state index in [1.165, 1.54) is 0 Å². The van der Waals surface area contributed by atoms with Crippen molar-refractivity contribution in [3.8, 4) is 11.5 Å². The van der Waals surface area contributed by atoms with Gasteiger partial charge in [-0.2, -0.15) is 0 Å². The second-order valence-corrected chi connectivity index (χ2v) is 10.5. The molecular weight excluding hydrogens is 514 g/mol. The number of carbonyl (C=O) groups excluding carboxylic acids is 2. The zero-order valence-electron chi connectivity index (χ0n) is 20.9. The first-order valence-corrected chi connectivity index (χ1v) is 13.4. The molecule has 5 aromatic rings. The first-order chi connectivity index (χ1) is 19.0. The van der Waals surface area contributed by atoms with E-state index in [0.717, 1.165) is 37.6 Å². The molecule has 1 saturated heterocycles. The van der Waals surface area contributed by atoms with Gasteiger partial charge in [0.1, 0.15) is 5.69 Å². The van der Waals surface area contributed by atoms with Crippen molar-refractivity contribution in [1.82, 2.24) is 19.6 Å². The lowest BCUT2D eigenvalue weighted by molar-refractivity contribution is -0.157. The number of hydrogen-bond acceptors (Lipinski definition) is 8. The quantitative estimate of drug-likeness (QED) is 0.306. The highest BCUT2D eigenvalue weighted by Crippen LogP contribution is 2.39. The number of primary amides is 1. The standard InChI is InChI=1S/C29H25N5O4S/c30-25(35)18-38-28(36)29(11-14-37-15-12-29)20-4-3-5-21(17-20)39-22-8-9-24-19(16-22)7-10-26-32-33-27(34(24)26)23-6-1-2-13-31-23/h1-10,13,16-17H,11-12,14-15,18H2,(H2,30,35). The largest absolute Gasteiger partial charge is 0.455 e. The zero-order valence-corrected chi connectivity index (χ0v) is 21.8. The number of ether oxygens (including phenoxy) is 2. The molecule has 10 heteroatoms. The SMILES string of the molecule is NC(=O)COC(=O)C1(c2cccc(Sc3ccc4c(ccc5nnc(-c6ccccn6)n54)c3)c2)CCOCC1. The summed E-state index contributed by atoms with van der Waals surface area (Å²) in [7, 11) is 0. The molecule has 2 aromatic carbocycles. The smallest absolute Gasteiger partial charge is 0.317 e. The van der Waals surface area contributed by atoms with Gasteiger partial charge in [0.15, 0.2) is 18.1 Å². The maximum absolute atomic E-state index is 13.1. The fraction of sp³-hybridized carbons (Fsp3) is 0.207. The highest BCUT2D eigenvalue weighted by Gasteiger charge is 2.43. The summed E-state index contributed by atoms with van der Waals surface area (Å²) in [6.07, 6.45) is 2.69. The Morgan fingerprint density at radius 1 is 0.974 bits per heavy atom. The van der Waals surface area contributed by atoms with Gasteiger partial charge in [0.25, 0.3) is 5.91 Å². The van der Waals surface area contributed by atoms with Gasteiger partial charge in [-0.05, 0) is 78.4 Å². The third kappa shape index (κ3) is 4.84. The molecule has 0 aliphatic carbocycles. The maximum Gasteiger partial charge on any atom is 0.317 e. The van der Waals surface area contributed by atoms with Gasteiger partial charge in [0, 0.05) is 29.2 Å². The van der Waals surface area contributed by atoms with Crippen molar-refractivity contribution in [3.05, 3.63) is 84.6 Å². The van der Waals surface area contributed by atoms with Crippen molar-refractivity contribution < 1.29 is 19.1 Å². The Morgan fingerprint density at radius 2 is 1.82 bits per heavy atom. The molecule has 0 bridgehead atoms. The van der Waals surface area contributed by atoms with Crippen molar-refractivity contribution in [3.63, 3.8) is 0 Å². The summed E-state index contributed by atoms with van der Waals surface area (Å²) in [5.74, 6) is -0.435. The van der Waals surface area contributed by atoms with Crippen LogP contribution in [0.3, 0.4) is 0 Å².